The van der Waals surface area contributed by atoms with Gasteiger partial charge >= 0.3 is 0 Å². The number of nitrogens with one attached hydrogen (secondary N) is 1. The summed E-state index contributed by atoms with van der Waals surface area (Å²) in [5, 5.41) is 6.95. The van der Waals surface area contributed by atoms with Gasteiger partial charge in [-0.1, -0.05) is 17.9 Å². The minimum atomic E-state index is -0.300. The molecule has 1 atom stereocenters. The lowest BCUT2D eigenvalue weighted by Gasteiger charge is -2.15. The van der Waals surface area contributed by atoms with Crippen LogP contribution >= 0.6 is 0 Å². The number of rotatable bonds is 6. The van der Waals surface area contributed by atoms with Crippen molar-refractivity contribution >= 4 is 17.4 Å². The number of aryl methyl sites for hydroxylation is 1. The number of benzene rings is 2. The summed E-state index contributed by atoms with van der Waals surface area (Å²) in [4.78, 5) is 12.8. The molecule has 0 aliphatic heterocycles. The van der Waals surface area contributed by atoms with Gasteiger partial charge in [0, 0.05) is 48.8 Å². The van der Waals surface area contributed by atoms with Crippen molar-refractivity contribution in [1.82, 2.24) is 9.78 Å². The molecule has 0 saturated heterocycles. The molecule has 3 aromatic rings. The van der Waals surface area contributed by atoms with E-state index in [1.165, 1.54) is 0 Å². The van der Waals surface area contributed by atoms with Crippen molar-refractivity contribution in [3.05, 3.63) is 71.4 Å². The molecule has 0 fully saturated rings. The van der Waals surface area contributed by atoms with Crippen molar-refractivity contribution in [3.8, 4) is 17.6 Å². The first-order valence-electron chi connectivity index (χ1n) is 9.42. The van der Waals surface area contributed by atoms with Crippen molar-refractivity contribution in [2.75, 3.05) is 24.8 Å². The lowest BCUT2D eigenvalue weighted by Crippen LogP contribution is -2.19. The summed E-state index contributed by atoms with van der Waals surface area (Å²) < 4.78 is 12.6. The standard InChI is InChI=1S/C23H24N4O3/c1-16(15-29-3)30-21-13-18(8-7-17-5-4-6-20(24)12-17)11-19(14-21)23(28)25-22-9-10-27(2)26-22/h4-6,9-14,16H,15,24H2,1-3H3,(H,25,26,28)/t16-/m0/s1. The molecule has 0 unspecified atom stereocenters. The number of nitrogens with zero attached hydrogens (tertiary/aromatic N) is 2. The maximum absolute atomic E-state index is 12.8. The Balaban J connectivity index is 1.90. The number of nitrogen functional groups attached to an aromatic ring is 1. The van der Waals surface area contributed by atoms with Crippen LogP contribution in [0.5, 0.6) is 5.75 Å². The van der Waals surface area contributed by atoms with Gasteiger partial charge in [0.15, 0.2) is 5.82 Å². The van der Waals surface area contributed by atoms with E-state index in [-0.39, 0.29) is 12.0 Å². The van der Waals surface area contributed by atoms with Crippen LogP contribution in [0.2, 0.25) is 0 Å². The quantitative estimate of drug-likeness (QED) is 0.487. The zero-order valence-electron chi connectivity index (χ0n) is 17.2. The van der Waals surface area contributed by atoms with Crippen LogP contribution in [0.4, 0.5) is 11.5 Å². The maximum atomic E-state index is 12.8. The average molecular weight is 404 g/mol. The number of anilines is 2. The van der Waals surface area contributed by atoms with E-state index >= 15 is 0 Å². The molecule has 1 amide bonds. The Morgan fingerprint density at radius 3 is 2.70 bits per heavy atom. The Morgan fingerprint density at radius 1 is 1.20 bits per heavy atom. The van der Waals surface area contributed by atoms with E-state index in [0.717, 1.165) is 5.56 Å². The highest BCUT2D eigenvalue weighted by molar-refractivity contribution is 6.04. The van der Waals surface area contributed by atoms with E-state index in [4.69, 9.17) is 15.2 Å². The third kappa shape index (κ3) is 5.87. The number of nitrogens with two attached hydrogens (primary N) is 1. The zero-order valence-corrected chi connectivity index (χ0v) is 17.2. The number of aromatic nitrogens is 2. The Morgan fingerprint density at radius 2 is 2.00 bits per heavy atom. The average Bonchev–Trinajstić information content (AvgIpc) is 3.11. The second-order valence-electron chi connectivity index (χ2n) is 6.83. The molecule has 7 nitrogen and oxygen atoms in total. The number of ether oxygens (including phenoxy) is 2. The molecule has 7 heteroatoms. The van der Waals surface area contributed by atoms with Crippen LogP contribution in [0.25, 0.3) is 0 Å². The van der Waals surface area contributed by atoms with Crippen LogP contribution in [-0.4, -0.2) is 35.5 Å². The van der Waals surface area contributed by atoms with E-state index < -0.39 is 0 Å². The van der Waals surface area contributed by atoms with E-state index in [2.05, 4.69) is 22.3 Å². The molecule has 30 heavy (non-hydrogen) atoms. The van der Waals surface area contributed by atoms with E-state index in [9.17, 15) is 4.79 Å². The molecule has 0 spiro atoms. The number of hydrogen-bond acceptors (Lipinski definition) is 5. The summed E-state index contributed by atoms with van der Waals surface area (Å²) in [5.41, 5.74) is 8.30. The number of carbonyl (C=O) groups is 1. The number of amides is 1. The third-order valence-electron chi connectivity index (χ3n) is 4.10. The second-order valence-corrected chi connectivity index (χ2v) is 6.83. The molecular formula is C23H24N4O3. The predicted molar refractivity (Wildman–Crippen MR) is 116 cm³/mol. The van der Waals surface area contributed by atoms with Crippen molar-refractivity contribution < 1.29 is 14.3 Å². The van der Waals surface area contributed by atoms with Crippen molar-refractivity contribution in [2.24, 2.45) is 7.05 Å². The molecule has 1 aromatic heterocycles. The molecule has 0 bridgehead atoms. The number of carbonyl (C=O) groups excluding carboxylic acids is 1. The second kappa shape index (κ2) is 9.63. The lowest BCUT2D eigenvalue weighted by atomic mass is 10.1. The molecule has 154 valence electrons. The summed E-state index contributed by atoms with van der Waals surface area (Å²) in [6.07, 6.45) is 1.57. The van der Waals surface area contributed by atoms with Gasteiger partial charge in [0.1, 0.15) is 11.9 Å². The van der Waals surface area contributed by atoms with Gasteiger partial charge in [0.05, 0.1) is 6.61 Å². The molecule has 0 aliphatic carbocycles. The highest BCUT2D eigenvalue weighted by atomic mass is 16.5. The van der Waals surface area contributed by atoms with Gasteiger partial charge in [-0.25, -0.2) is 0 Å². The molecule has 0 aliphatic rings. The SMILES string of the molecule is COC[C@H](C)Oc1cc(C#Cc2cccc(N)c2)cc(C(=O)Nc2ccn(C)n2)c1. The summed E-state index contributed by atoms with van der Waals surface area (Å²) in [6.45, 7) is 2.32. The lowest BCUT2D eigenvalue weighted by molar-refractivity contribution is 0.0917. The topological polar surface area (TPSA) is 91.4 Å². The molecule has 0 radical (unpaired) electrons. The van der Waals surface area contributed by atoms with Gasteiger partial charge in [-0.05, 0) is 43.3 Å². The first kappa shape index (κ1) is 21.0. The van der Waals surface area contributed by atoms with Crippen molar-refractivity contribution in [1.29, 1.82) is 0 Å². The normalized spacial score (nSPS) is 11.3. The van der Waals surface area contributed by atoms with Gasteiger partial charge in [0.25, 0.3) is 5.91 Å². The Kier molecular flexibility index (Phi) is 6.73. The van der Waals surface area contributed by atoms with Crippen LogP contribution in [0, 0.1) is 11.8 Å². The smallest absolute Gasteiger partial charge is 0.257 e. The largest absolute Gasteiger partial charge is 0.488 e. The van der Waals surface area contributed by atoms with Gasteiger partial charge in [-0.15, -0.1) is 0 Å². The van der Waals surface area contributed by atoms with E-state index in [1.807, 2.05) is 19.1 Å². The number of methoxy groups -OCH3 is 1. The van der Waals surface area contributed by atoms with Crippen LogP contribution in [0.15, 0.2) is 54.7 Å². The monoisotopic (exact) mass is 404 g/mol. The molecular weight excluding hydrogens is 380 g/mol. The molecule has 0 saturated carbocycles. The Hall–Kier alpha value is -3.76. The van der Waals surface area contributed by atoms with Crippen molar-refractivity contribution in [3.63, 3.8) is 0 Å². The van der Waals surface area contributed by atoms with E-state index in [0.29, 0.717) is 35.0 Å². The fourth-order valence-electron chi connectivity index (χ4n) is 2.80. The van der Waals surface area contributed by atoms with E-state index in [1.54, 1.807) is 61.4 Å². The third-order valence-corrected chi connectivity index (χ3v) is 4.10. The Labute approximate surface area is 175 Å². The maximum Gasteiger partial charge on any atom is 0.257 e. The van der Waals surface area contributed by atoms with Crippen LogP contribution in [0.1, 0.15) is 28.4 Å². The number of hydrogen-bond donors (Lipinski definition) is 2. The minimum Gasteiger partial charge on any atom is -0.488 e. The predicted octanol–water partition coefficient (Wildman–Crippen LogP) is 3.07. The van der Waals surface area contributed by atoms with Crippen LogP contribution in [-0.2, 0) is 11.8 Å². The van der Waals surface area contributed by atoms with Crippen molar-refractivity contribution in [2.45, 2.75) is 13.0 Å². The zero-order chi connectivity index (χ0) is 21.5. The fraction of sp³-hybridized carbons (Fsp3) is 0.217. The van der Waals surface area contributed by atoms with Gasteiger partial charge in [-0.2, -0.15) is 5.10 Å². The van der Waals surface area contributed by atoms with Gasteiger partial charge in [-0.3, -0.25) is 9.48 Å². The summed E-state index contributed by atoms with van der Waals surface area (Å²) in [7, 11) is 3.39. The van der Waals surface area contributed by atoms with Crippen LogP contribution < -0.4 is 15.8 Å². The molecule has 2 aromatic carbocycles. The molecule has 1 heterocycles. The first-order chi connectivity index (χ1) is 14.4. The Bertz CT molecular complexity index is 1100. The van der Waals surface area contributed by atoms with Gasteiger partial charge < -0.3 is 20.5 Å². The summed E-state index contributed by atoms with van der Waals surface area (Å²) in [5.74, 6) is 6.85. The fourth-order valence-corrected chi connectivity index (χ4v) is 2.80. The van der Waals surface area contributed by atoms with Gasteiger partial charge in [0.2, 0.25) is 0 Å². The highest BCUT2D eigenvalue weighted by Gasteiger charge is 2.12. The van der Waals surface area contributed by atoms with Crippen LogP contribution in [0.3, 0.4) is 0 Å². The summed E-state index contributed by atoms with van der Waals surface area (Å²) >= 11 is 0. The highest BCUT2D eigenvalue weighted by Crippen LogP contribution is 2.20. The molecule has 3 rings (SSSR count). The first-order valence-corrected chi connectivity index (χ1v) is 9.42. The summed E-state index contributed by atoms with van der Waals surface area (Å²) in [6, 6.07) is 14.2. The minimum absolute atomic E-state index is 0.182. The molecule has 3 N–H and O–H groups in total.